The summed E-state index contributed by atoms with van der Waals surface area (Å²) in [5.41, 5.74) is 5.17. The lowest BCUT2D eigenvalue weighted by Crippen LogP contribution is -2.36. The van der Waals surface area contributed by atoms with Crippen LogP contribution in [-0.4, -0.2) is 45.9 Å². The van der Waals surface area contributed by atoms with E-state index in [0.717, 1.165) is 48.8 Å². The van der Waals surface area contributed by atoms with E-state index in [2.05, 4.69) is 49.5 Å². The molecule has 0 radical (unpaired) electrons. The van der Waals surface area contributed by atoms with Crippen LogP contribution in [-0.2, 0) is 4.74 Å². The molecular formula is C21H20N6O. The highest BCUT2D eigenvalue weighted by Crippen LogP contribution is 2.23. The van der Waals surface area contributed by atoms with E-state index in [0.29, 0.717) is 5.95 Å². The zero-order valence-corrected chi connectivity index (χ0v) is 15.3. The first-order chi connectivity index (χ1) is 13.9. The van der Waals surface area contributed by atoms with Crippen molar-refractivity contribution in [2.24, 2.45) is 0 Å². The zero-order valence-electron chi connectivity index (χ0n) is 15.3. The number of pyridine rings is 1. The van der Waals surface area contributed by atoms with Gasteiger partial charge in [0.25, 0.3) is 0 Å². The molecule has 0 amide bonds. The van der Waals surface area contributed by atoms with Gasteiger partial charge in [0.2, 0.25) is 5.95 Å². The Kier molecular flexibility index (Phi) is 4.34. The van der Waals surface area contributed by atoms with Crippen molar-refractivity contribution >= 4 is 22.8 Å². The summed E-state index contributed by atoms with van der Waals surface area (Å²) >= 11 is 0. The van der Waals surface area contributed by atoms with Gasteiger partial charge in [0.1, 0.15) is 0 Å². The minimum Gasteiger partial charge on any atom is -0.378 e. The SMILES string of the molecule is c1cc(-c2ccc3cnc(Nc4ccc(N5CCOCC5)cc4)nn23)ccn1. The summed E-state index contributed by atoms with van der Waals surface area (Å²) in [5.74, 6) is 0.554. The van der Waals surface area contributed by atoms with Crippen LogP contribution >= 0.6 is 0 Å². The molecular weight excluding hydrogens is 352 g/mol. The van der Waals surface area contributed by atoms with Crippen LogP contribution in [0.25, 0.3) is 16.8 Å². The summed E-state index contributed by atoms with van der Waals surface area (Å²) < 4.78 is 7.31. The number of morpholine rings is 1. The molecule has 140 valence electrons. The number of rotatable bonds is 4. The normalized spacial score (nSPS) is 14.4. The average Bonchev–Trinajstić information content (AvgIpc) is 3.19. The van der Waals surface area contributed by atoms with Crippen molar-refractivity contribution in [2.45, 2.75) is 0 Å². The fraction of sp³-hybridized carbons (Fsp3) is 0.190. The molecule has 0 aliphatic carbocycles. The molecule has 1 aliphatic heterocycles. The van der Waals surface area contributed by atoms with E-state index < -0.39 is 0 Å². The van der Waals surface area contributed by atoms with Crippen LogP contribution in [0.2, 0.25) is 0 Å². The molecule has 3 aromatic heterocycles. The summed E-state index contributed by atoms with van der Waals surface area (Å²) in [7, 11) is 0. The van der Waals surface area contributed by atoms with Crippen molar-refractivity contribution in [3.05, 3.63) is 67.1 Å². The molecule has 1 fully saturated rings. The van der Waals surface area contributed by atoms with Crippen molar-refractivity contribution in [3.63, 3.8) is 0 Å². The second-order valence-corrected chi connectivity index (χ2v) is 6.64. The third-order valence-corrected chi connectivity index (χ3v) is 4.87. The number of hydrogen-bond acceptors (Lipinski definition) is 6. The van der Waals surface area contributed by atoms with Gasteiger partial charge >= 0.3 is 0 Å². The van der Waals surface area contributed by atoms with Crippen LogP contribution in [0, 0.1) is 0 Å². The van der Waals surface area contributed by atoms with Gasteiger partial charge in [-0.1, -0.05) is 0 Å². The third-order valence-electron chi connectivity index (χ3n) is 4.87. The van der Waals surface area contributed by atoms with Crippen LogP contribution in [0.5, 0.6) is 0 Å². The predicted molar refractivity (Wildman–Crippen MR) is 109 cm³/mol. The van der Waals surface area contributed by atoms with Crippen LogP contribution in [0.3, 0.4) is 0 Å². The maximum Gasteiger partial charge on any atom is 0.245 e. The fourth-order valence-corrected chi connectivity index (χ4v) is 3.41. The molecule has 28 heavy (non-hydrogen) atoms. The molecule has 7 heteroatoms. The maximum absolute atomic E-state index is 5.42. The number of ether oxygens (including phenoxy) is 1. The Morgan fingerprint density at radius 2 is 1.68 bits per heavy atom. The zero-order chi connectivity index (χ0) is 18.8. The van der Waals surface area contributed by atoms with Gasteiger partial charge in [-0.05, 0) is 48.5 Å². The lowest BCUT2D eigenvalue weighted by atomic mass is 10.2. The minimum absolute atomic E-state index is 0.554. The molecule has 0 unspecified atom stereocenters. The molecule has 4 heterocycles. The Hall–Kier alpha value is -3.45. The van der Waals surface area contributed by atoms with Crippen molar-refractivity contribution in [1.82, 2.24) is 19.6 Å². The number of fused-ring (bicyclic) bond motifs is 1. The molecule has 1 aromatic carbocycles. The summed E-state index contributed by atoms with van der Waals surface area (Å²) in [5, 5.41) is 7.96. The third kappa shape index (κ3) is 3.27. The molecule has 0 saturated carbocycles. The van der Waals surface area contributed by atoms with Crippen LogP contribution in [0.15, 0.2) is 67.1 Å². The summed E-state index contributed by atoms with van der Waals surface area (Å²) in [6.07, 6.45) is 5.39. The first kappa shape index (κ1) is 16.7. The van der Waals surface area contributed by atoms with Gasteiger partial charge in [-0.25, -0.2) is 9.50 Å². The highest BCUT2D eigenvalue weighted by Gasteiger charge is 2.11. The predicted octanol–water partition coefficient (Wildman–Crippen LogP) is 3.37. The monoisotopic (exact) mass is 372 g/mol. The molecule has 0 atom stereocenters. The van der Waals surface area contributed by atoms with E-state index in [1.807, 2.05) is 35.0 Å². The second kappa shape index (κ2) is 7.28. The van der Waals surface area contributed by atoms with E-state index in [-0.39, 0.29) is 0 Å². The molecule has 1 aliphatic rings. The Bertz CT molecular complexity index is 1070. The lowest BCUT2D eigenvalue weighted by molar-refractivity contribution is 0.122. The van der Waals surface area contributed by atoms with E-state index in [1.54, 1.807) is 12.4 Å². The van der Waals surface area contributed by atoms with Crippen molar-refractivity contribution in [2.75, 3.05) is 36.5 Å². The van der Waals surface area contributed by atoms with Gasteiger partial charge < -0.3 is 15.0 Å². The lowest BCUT2D eigenvalue weighted by Gasteiger charge is -2.28. The van der Waals surface area contributed by atoms with E-state index in [4.69, 9.17) is 4.74 Å². The first-order valence-electron chi connectivity index (χ1n) is 9.32. The number of hydrogen-bond donors (Lipinski definition) is 1. The van der Waals surface area contributed by atoms with Crippen LogP contribution < -0.4 is 10.2 Å². The second-order valence-electron chi connectivity index (χ2n) is 6.64. The molecule has 0 bridgehead atoms. The van der Waals surface area contributed by atoms with Crippen molar-refractivity contribution in [1.29, 1.82) is 0 Å². The Balaban J connectivity index is 1.39. The van der Waals surface area contributed by atoms with E-state index in [1.165, 1.54) is 5.69 Å². The molecule has 0 spiro atoms. The number of aromatic nitrogens is 4. The van der Waals surface area contributed by atoms with E-state index >= 15 is 0 Å². The number of nitrogens with zero attached hydrogens (tertiary/aromatic N) is 5. The molecule has 5 rings (SSSR count). The quantitative estimate of drug-likeness (QED) is 0.592. The molecule has 7 nitrogen and oxygen atoms in total. The summed E-state index contributed by atoms with van der Waals surface area (Å²) in [4.78, 5) is 10.9. The molecule has 1 saturated heterocycles. The van der Waals surface area contributed by atoms with Gasteiger partial charge in [-0.2, -0.15) is 0 Å². The number of nitrogens with one attached hydrogen (secondary N) is 1. The van der Waals surface area contributed by atoms with Crippen molar-refractivity contribution < 1.29 is 4.74 Å². The van der Waals surface area contributed by atoms with Gasteiger partial charge in [-0.3, -0.25) is 4.98 Å². The fourth-order valence-electron chi connectivity index (χ4n) is 3.41. The Morgan fingerprint density at radius 1 is 0.893 bits per heavy atom. The average molecular weight is 372 g/mol. The minimum atomic E-state index is 0.554. The Labute approximate surface area is 162 Å². The number of benzene rings is 1. The standard InChI is InChI=1S/C21H20N6O/c1-3-18(26-11-13-28-14-12-26)4-2-17(1)24-21-23-15-19-5-6-20(27(19)25-21)16-7-9-22-10-8-16/h1-10,15H,11-14H2,(H,24,25). The highest BCUT2D eigenvalue weighted by atomic mass is 16.5. The molecule has 4 aromatic rings. The first-order valence-corrected chi connectivity index (χ1v) is 9.32. The summed E-state index contributed by atoms with van der Waals surface area (Å²) in [6.45, 7) is 3.42. The van der Waals surface area contributed by atoms with Gasteiger partial charge in [-0.15, -0.1) is 5.10 Å². The van der Waals surface area contributed by atoms with Gasteiger partial charge in [0.15, 0.2) is 0 Å². The Morgan fingerprint density at radius 3 is 2.46 bits per heavy atom. The van der Waals surface area contributed by atoms with E-state index in [9.17, 15) is 0 Å². The smallest absolute Gasteiger partial charge is 0.245 e. The van der Waals surface area contributed by atoms with Gasteiger partial charge in [0.05, 0.1) is 30.6 Å². The maximum atomic E-state index is 5.42. The largest absolute Gasteiger partial charge is 0.378 e. The van der Waals surface area contributed by atoms with Gasteiger partial charge in [0, 0.05) is 42.4 Å². The topological polar surface area (TPSA) is 67.6 Å². The van der Waals surface area contributed by atoms with Crippen LogP contribution in [0.4, 0.5) is 17.3 Å². The number of anilines is 3. The molecule has 1 N–H and O–H groups in total. The highest BCUT2D eigenvalue weighted by molar-refractivity contribution is 5.66. The van der Waals surface area contributed by atoms with Crippen LogP contribution in [0.1, 0.15) is 0 Å². The van der Waals surface area contributed by atoms with Crippen molar-refractivity contribution in [3.8, 4) is 11.3 Å². The summed E-state index contributed by atoms with van der Waals surface area (Å²) in [6, 6.07) is 16.3.